The Kier molecular flexibility index (Phi) is 3.17. The number of hydrazine groups is 1. The monoisotopic (exact) mass is 274 g/mol. The van der Waals surface area contributed by atoms with Crippen LogP contribution in [0.3, 0.4) is 0 Å². The Morgan fingerprint density at radius 2 is 1.59 bits per heavy atom. The molecule has 4 amide bonds. The van der Waals surface area contributed by atoms with Crippen LogP contribution in [0.2, 0.25) is 0 Å². The Balaban J connectivity index is 2.29. The summed E-state index contributed by atoms with van der Waals surface area (Å²) in [5, 5.41) is 0.0270. The number of thiol groups is 1. The summed E-state index contributed by atoms with van der Waals surface area (Å²) < 4.78 is 0. The lowest BCUT2D eigenvalue weighted by atomic mass is 10.4. The van der Waals surface area contributed by atoms with E-state index >= 15 is 0 Å². The first kappa shape index (κ1) is 12.4. The highest BCUT2D eigenvalue weighted by Crippen LogP contribution is 2.28. The molecule has 8 heteroatoms. The summed E-state index contributed by atoms with van der Waals surface area (Å²) in [6.45, 7) is 0. The van der Waals surface area contributed by atoms with E-state index in [-0.39, 0.29) is 12.8 Å². The number of thioether (sulfide) groups is 1. The number of carbonyl (C=O) groups excluding carboxylic acids is 4. The molecule has 0 aromatic carbocycles. The maximum absolute atomic E-state index is 11.8. The molecule has 0 radical (unpaired) electrons. The molecule has 0 aromatic rings. The van der Waals surface area contributed by atoms with Gasteiger partial charge in [0.05, 0.1) is 10.5 Å². The van der Waals surface area contributed by atoms with Crippen LogP contribution < -0.4 is 0 Å². The fourth-order valence-corrected chi connectivity index (χ4v) is 2.68. The average molecular weight is 274 g/mol. The summed E-state index contributed by atoms with van der Waals surface area (Å²) in [4.78, 5) is 46.7. The van der Waals surface area contributed by atoms with E-state index in [1.165, 1.54) is 11.8 Å². The van der Waals surface area contributed by atoms with Gasteiger partial charge >= 0.3 is 0 Å². The molecule has 0 aliphatic carbocycles. The Labute approximate surface area is 107 Å². The molecule has 2 atom stereocenters. The zero-order chi connectivity index (χ0) is 12.7. The second-order valence-electron chi connectivity index (χ2n) is 3.74. The van der Waals surface area contributed by atoms with Crippen molar-refractivity contribution in [3.8, 4) is 0 Å². The molecule has 2 aliphatic heterocycles. The third kappa shape index (κ3) is 1.85. The van der Waals surface area contributed by atoms with E-state index < -0.39 is 34.1 Å². The highest BCUT2D eigenvalue weighted by atomic mass is 32.2. The van der Waals surface area contributed by atoms with Crippen molar-refractivity contribution >= 4 is 48.0 Å². The maximum atomic E-state index is 11.8. The quantitative estimate of drug-likeness (QED) is 0.540. The average Bonchev–Trinajstić information content (AvgIpc) is 2.68. The third-order valence-corrected chi connectivity index (χ3v) is 4.00. The van der Waals surface area contributed by atoms with Crippen molar-refractivity contribution in [2.45, 2.75) is 23.3 Å². The van der Waals surface area contributed by atoms with E-state index in [1.54, 1.807) is 6.26 Å². The van der Waals surface area contributed by atoms with Crippen LogP contribution in [0.25, 0.3) is 0 Å². The van der Waals surface area contributed by atoms with Crippen molar-refractivity contribution in [3.63, 3.8) is 0 Å². The van der Waals surface area contributed by atoms with Gasteiger partial charge in [-0.25, -0.2) is 0 Å². The predicted molar refractivity (Wildman–Crippen MR) is 63.0 cm³/mol. The number of carbonyl (C=O) groups is 4. The first-order valence-corrected chi connectivity index (χ1v) is 6.72. The molecule has 2 saturated heterocycles. The lowest BCUT2D eigenvalue weighted by Crippen LogP contribution is -2.50. The van der Waals surface area contributed by atoms with E-state index in [1.807, 2.05) is 0 Å². The van der Waals surface area contributed by atoms with Crippen molar-refractivity contribution in [2.24, 2.45) is 0 Å². The molecule has 92 valence electrons. The second-order valence-corrected chi connectivity index (χ2v) is 5.40. The van der Waals surface area contributed by atoms with E-state index in [0.29, 0.717) is 10.0 Å². The van der Waals surface area contributed by atoms with Crippen LogP contribution in [-0.2, 0) is 19.2 Å². The number of rotatable bonds is 2. The molecule has 0 N–H and O–H groups in total. The van der Waals surface area contributed by atoms with E-state index in [9.17, 15) is 19.2 Å². The number of imide groups is 2. The van der Waals surface area contributed by atoms with Crippen LogP contribution in [0.5, 0.6) is 0 Å². The molecule has 0 saturated carbocycles. The Hall–Kier alpha value is -1.02. The highest BCUT2D eigenvalue weighted by Gasteiger charge is 2.49. The van der Waals surface area contributed by atoms with Gasteiger partial charge in [-0.05, 0) is 6.26 Å². The third-order valence-electron chi connectivity index (χ3n) is 2.66. The molecule has 0 spiro atoms. The van der Waals surface area contributed by atoms with Gasteiger partial charge in [0.1, 0.15) is 0 Å². The Bertz CT molecular complexity index is 425. The van der Waals surface area contributed by atoms with Gasteiger partial charge in [0.15, 0.2) is 0 Å². The molecule has 2 unspecified atom stereocenters. The molecule has 2 heterocycles. The van der Waals surface area contributed by atoms with Gasteiger partial charge < -0.3 is 0 Å². The number of amides is 4. The SMILES string of the molecule is CSC1CC(=O)N(N2C(=O)CC(S)C2=O)C1=O. The standard InChI is InChI=1S/C9H10N2O4S2/c1-17-5-3-7(13)11(9(5)15)10-6(12)2-4(16)8(10)14/h4-5,16H,2-3H2,1H3. The van der Waals surface area contributed by atoms with E-state index in [0.717, 1.165) is 0 Å². The summed E-state index contributed by atoms with van der Waals surface area (Å²) in [5.74, 6) is -2.19. The summed E-state index contributed by atoms with van der Waals surface area (Å²) >= 11 is 5.17. The van der Waals surface area contributed by atoms with Gasteiger partial charge in [-0.1, -0.05) is 0 Å². The summed E-state index contributed by atoms with van der Waals surface area (Å²) in [5.41, 5.74) is 0. The van der Waals surface area contributed by atoms with Crippen LogP contribution >= 0.6 is 24.4 Å². The fourth-order valence-electron chi connectivity index (χ4n) is 1.80. The number of hydrogen-bond donors (Lipinski definition) is 1. The fraction of sp³-hybridized carbons (Fsp3) is 0.556. The molecule has 2 rings (SSSR count). The zero-order valence-electron chi connectivity index (χ0n) is 8.95. The first-order chi connectivity index (χ1) is 7.97. The molecular weight excluding hydrogens is 264 g/mol. The Morgan fingerprint density at radius 1 is 1.06 bits per heavy atom. The van der Waals surface area contributed by atoms with Crippen LogP contribution in [0.4, 0.5) is 0 Å². The van der Waals surface area contributed by atoms with Gasteiger partial charge in [-0.15, -0.1) is 0 Å². The minimum Gasteiger partial charge on any atom is -0.272 e. The van der Waals surface area contributed by atoms with Gasteiger partial charge in [0.25, 0.3) is 11.8 Å². The van der Waals surface area contributed by atoms with Crippen molar-refractivity contribution in [1.82, 2.24) is 10.0 Å². The molecule has 2 fully saturated rings. The van der Waals surface area contributed by atoms with Crippen molar-refractivity contribution in [2.75, 3.05) is 6.26 Å². The normalized spacial score (nSPS) is 29.8. The highest BCUT2D eigenvalue weighted by molar-refractivity contribution is 8.00. The minimum atomic E-state index is -0.767. The topological polar surface area (TPSA) is 74.8 Å². The van der Waals surface area contributed by atoms with Crippen LogP contribution in [0, 0.1) is 0 Å². The molecule has 0 aromatic heterocycles. The summed E-state index contributed by atoms with van der Waals surface area (Å²) in [6, 6.07) is 0. The molecule has 6 nitrogen and oxygen atoms in total. The smallest absolute Gasteiger partial charge is 0.262 e. The van der Waals surface area contributed by atoms with Gasteiger partial charge in [0.2, 0.25) is 11.8 Å². The van der Waals surface area contributed by atoms with E-state index in [4.69, 9.17) is 0 Å². The van der Waals surface area contributed by atoms with Crippen LogP contribution in [0.1, 0.15) is 12.8 Å². The largest absolute Gasteiger partial charge is 0.272 e. The van der Waals surface area contributed by atoms with Gasteiger partial charge in [0, 0.05) is 12.8 Å². The lowest BCUT2D eigenvalue weighted by molar-refractivity contribution is -0.171. The lowest BCUT2D eigenvalue weighted by Gasteiger charge is -2.23. The Morgan fingerprint density at radius 3 is 2.00 bits per heavy atom. The molecule has 0 bridgehead atoms. The first-order valence-electron chi connectivity index (χ1n) is 4.91. The molecule has 2 aliphatic rings. The second kappa shape index (κ2) is 4.34. The summed E-state index contributed by atoms with van der Waals surface area (Å²) in [6.07, 6.45) is 1.64. The molecular formula is C9H10N2O4S2. The summed E-state index contributed by atoms with van der Waals surface area (Å²) in [7, 11) is 0. The van der Waals surface area contributed by atoms with Crippen LogP contribution in [-0.4, -0.2) is 50.4 Å². The number of nitrogens with zero attached hydrogens (tertiary/aromatic N) is 2. The van der Waals surface area contributed by atoms with Crippen molar-refractivity contribution in [1.29, 1.82) is 0 Å². The van der Waals surface area contributed by atoms with Crippen molar-refractivity contribution < 1.29 is 19.2 Å². The van der Waals surface area contributed by atoms with Crippen LogP contribution in [0.15, 0.2) is 0 Å². The van der Waals surface area contributed by atoms with E-state index in [2.05, 4.69) is 12.6 Å². The zero-order valence-corrected chi connectivity index (χ0v) is 10.7. The molecule has 17 heavy (non-hydrogen) atoms. The van der Waals surface area contributed by atoms with Gasteiger partial charge in [-0.2, -0.15) is 34.4 Å². The number of hydrogen-bond acceptors (Lipinski definition) is 6. The predicted octanol–water partition coefficient (Wildman–Crippen LogP) is -0.551. The van der Waals surface area contributed by atoms with Crippen molar-refractivity contribution in [3.05, 3.63) is 0 Å². The van der Waals surface area contributed by atoms with Gasteiger partial charge in [-0.3, -0.25) is 19.2 Å². The maximum Gasteiger partial charge on any atom is 0.262 e. The minimum absolute atomic E-state index is 0.0221.